The summed E-state index contributed by atoms with van der Waals surface area (Å²) in [7, 11) is -18.0. The first kappa shape index (κ1) is 28.1. The topological polar surface area (TPSA) is 18.5 Å². The molecule has 2 nitrogen and oxygen atoms in total. The molecule has 1 heterocycles. The molecule has 1 atom stereocenters. The SMILES string of the molecule is CCOC1CCCCO1.F[B-](F)(F)F.F[B-](F)(F)F.F[B-](F)(F)F. The van der Waals surface area contributed by atoms with Crippen molar-refractivity contribution in [1.82, 2.24) is 0 Å². The van der Waals surface area contributed by atoms with Crippen molar-refractivity contribution < 1.29 is 61.3 Å². The largest absolute Gasteiger partial charge is 0.673 e. The average molecular weight is 391 g/mol. The van der Waals surface area contributed by atoms with Gasteiger partial charge in [0.15, 0.2) is 6.29 Å². The first-order chi connectivity index (χ1) is 10.4. The Morgan fingerprint density at radius 2 is 1.08 bits per heavy atom. The zero-order valence-electron chi connectivity index (χ0n) is 12.2. The molecule has 0 aliphatic carbocycles. The standard InChI is InChI=1S/C7H14O2.3BF4/c1-2-8-7-5-3-4-6-9-7;3*2-1(3,4)5/h7H,2-6H2,1H3;;;/q;3*-1. The third-order valence-corrected chi connectivity index (χ3v) is 1.49. The molecule has 1 aliphatic heterocycles. The lowest BCUT2D eigenvalue weighted by Crippen LogP contribution is -2.21. The molecule has 0 amide bonds. The fourth-order valence-electron chi connectivity index (χ4n) is 1.03. The van der Waals surface area contributed by atoms with Crippen LogP contribution in [-0.4, -0.2) is 41.3 Å². The van der Waals surface area contributed by atoms with Crippen molar-refractivity contribution in [3.8, 4) is 0 Å². The number of rotatable bonds is 2. The summed E-state index contributed by atoms with van der Waals surface area (Å²) in [6, 6.07) is 0. The van der Waals surface area contributed by atoms with E-state index in [2.05, 4.69) is 0 Å². The molecule has 0 bridgehead atoms. The molecule has 0 aromatic carbocycles. The molecule has 0 N–H and O–H groups in total. The van der Waals surface area contributed by atoms with Gasteiger partial charge in [0.25, 0.3) is 0 Å². The summed E-state index contributed by atoms with van der Waals surface area (Å²) in [4.78, 5) is 0. The van der Waals surface area contributed by atoms with Crippen molar-refractivity contribution in [2.45, 2.75) is 32.5 Å². The monoisotopic (exact) mass is 391 g/mol. The van der Waals surface area contributed by atoms with Crippen LogP contribution in [0.3, 0.4) is 0 Å². The summed E-state index contributed by atoms with van der Waals surface area (Å²) in [5, 5.41) is 0. The minimum absolute atomic E-state index is 0.101. The Morgan fingerprint density at radius 1 is 0.750 bits per heavy atom. The van der Waals surface area contributed by atoms with Crippen molar-refractivity contribution in [1.29, 1.82) is 0 Å². The van der Waals surface area contributed by atoms with E-state index >= 15 is 0 Å². The molecule has 150 valence electrons. The molecule has 1 rings (SSSR count). The van der Waals surface area contributed by atoms with Crippen LogP contribution in [0.25, 0.3) is 0 Å². The molecule has 1 aliphatic rings. The summed E-state index contributed by atoms with van der Waals surface area (Å²) < 4.78 is 128. The van der Waals surface area contributed by atoms with Crippen molar-refractivity contribution >= 4 is 21.8 Å². The van der Waals surface area contributed by atoms with E-state index in [0.29, 0.717) is 0 Å². The summed E-state index contributed by atoms with van der Waals surface area (Å²) in [6.45, 7) is 3.65. The lowest BCUT2D eigenvalue weighted by molar-refractivity contribution is -0.159. The van der Waals surface area contributed by atoms with Gasteiger partial charge in [-0.2, -0.15) is 0 Å². The Labute approximate surface area is 130 Å². The van der Waals surface area contributed by atoms with E-state index in [4.69, 9.17) is 9.47 Å². The summed E-state index contributed by atoms with van der Waals surface area (Å²) in [5.41, 5.74) is 0. The van der Waals surface area contributed by atoms with Gasteiger partial charge < -0.3 is 61.3 Å². The average Bonchev–Trinajstić information content (AvgIpc) is 2.23. The zero-order valence-corrected chi connectivity index (χ0v) is 12.2. The molecular formula is C7H14B3F12O2-3. The van der Waals surface area contributed by atoms with E-state index in [1.54, 1.807) is 0 Å². The first-order valence-corrected chi connectivity index (χ1v) is 6.28. The van der Waals surface area contributed by atoms with Crippen molar-refractivity contribution in [3.05, 3.63) is 0 Å². The van der Waals surface area contributed by atoms with E-state index in [1.165, 1.54) is 12.8 Å². The van der Waals surface area contributed by atoms with Crippen LogP contribution in [-0.2, 0) is 9.47 Å². The summed E-state index contributed by atoms with van der Waals surface area (Å²) in [6.07, 6.45) is 3.63. The Hall–Kier alpha value is -0.725. The van der Waals surface area contributed by atoms with Gasteiger partial charge in [0.05, 0.1) is 0 Å². The summed E-state index contributed by atoms with van der Waals surface area (Å²) in [5.74, 6) is 0. The second-order valence-corrected chi connectivity index (χ2v) is 3.74. The first-order valence-electron chi connectivity index (χ1n) is 6.28. The highest BCUT2D eigenvalue weighted by Crippen LogP contribution is 2.13. The minimum atomic E-state index is -6.00. The lowest BCUT2D eigenvalue weighted by Gasteiger charge is -2.21. The van der Waals surface area contributed by atoms with Crippen LogP contribution in [0.2, 0.25) is 0 Å². The highest BCUT2D eigenvalue weighted by molar-refractivity contribution is 6.50. The second-order valence-electron chi connectivity index (χ2n) is 3.74. The van der Waals surface area contributed by atoms with Gasteiger partial charge in [-0.05, 0) is 26.2 Å². The van der Waals surface area contributed by atoms with Gasteiger partial charge >= 0.3 is 21.8 Å². The van der Waals surface area contributed by atoms with Crippen LogP contribution in [0.15, 0.2) is 0 Å². The molecule has 0 saturated carbocycles. The van der Waals surface area contributed by atoms with Crippen LogP contribution in [0.4, 0.5) is 51.8 Å². The molecule has 0 radical (unpaired) electrons. The van der Waals surface area contributed by atoms with Crippen molar-refractivity contribution in [2.75, 3.05) is 13.2 Å². The zero-order chi connectivity index (χ0) is 20.0. The highest BCUT2D eigenvalue weighted by Gasteiger charge is 2.21. The molecule has 1 saturated heterocycles. The van der Waals surface area contributed by atoms with E-state index in [0.717, 1.165) is 19.6 Å². The number of hydrogen-bond donors (Lipinski definition) is 0. The number of hydrogen-bond acceptors (Lipinski definition) is 2. The van der Waals surface area contributed by atoms with Crippen molar-refractivity contribution in [3.63, 3.8) is 0 Å². The predicted octanol–water partition coefficient (Wildman–Crippen LogP) is 5.45. The normalized spacial score (nSPS) is 18.1. The van der Waals surface area contributed by atoms with E-state index in [9.17, 15) is 51.8 Å². The van der Waals surface area contributed by atoms with Gasteiger partial charge in [-0.3, -0.25) is 0 Å². The smallest absolute Gasteiger partial charge is 0.418 e. The second kappa shape index (κ2) is 13.6. The summed E-state index contributed by atoms with van der Waals surface area (Å²) >= 11 is 0. The van der Waals surface area contributed by atoms with Gasteiger partial charge in [0, 0.05) is 13.2 Å². The van der Waals surface area contributed by atoms with Gasteiger partial charge in [0.1, 0.15) is 0 Å². The molecule has 0 spiro atoms. The maximum atomic E-state index is 9.75. The Bertz CT molecular complexity index is 226. The maximum Gasteiger partial charge on any atom is 0.673 e. The van der Waals surface area contributed by atoms with Gasteiger partial charge in [-0.25, -0.2) is 0 Å². The third-order valence-electron chi connectivity index (χ3n) is 1.49. The van der Waals surface area contributed by atoms with Crippen LogP contribution in [0.1, 0.15) is 26.2 Å². The Morgan fingerprint density at radius 3 is 1.29 bits per heavy atom. The van der Waals surface area contributed by atoms with Crippen LogP contribution in [0.5, 0.6) is 0 Å². The predicted molar refractivity (Wildman–Crippen MR) is 65.8 cm³/mol. The number of halogens is 12. The lowest BCUT2D eigenvalue weighted by atomic mass is 10.2. The molecular weight excluding hydrogens is 376 g/mol. The third kappa shape index (κ3) is 82.8. The molecule has 17 heteroatoms. The van der Waals surface area contributed by atoms with E-state index in [-0.39, 0.29) is 6.29 Å². The van der Waals surface area contributed by atoms with E-state index < -0.39 is 21.8 Å². The Balaban J connectivity index is -0.000000259. The molecule has 1 unspecified atom stereocenters. The Kier molecular flexibility index (Phi) is 15.9. The quantitative estimate of drug-likeness (QED) is 0.461. The molecule has 0 aromatic rings. The molecule has 0 aromatic heterocycles. The molecule has 1 fully saturated rings. The van der Waals surface area contributed by atoms with E-state index in [1.807, 2.05) is 6.92 Å². The maximum absolute atomic E-state index is 9.75. The van der Waals surface area contributed by atoms with Gasteiger partial charge in [-0.15, -0.1) is 0 Å². The fourth-order valence-corrected chi connectivity index (χ4v) is 1.03. The van der Waals surface area contributed by atoms with Crippen LogP contribution in [0, 0.1) is 0 Å². The van der Waals surface area contributed by atoms with Crippen molar-refractivity contribution in [2.24, 2.45) is 0 Å². The highest BCUT2D eigenvalue weighted by atomic mass is 19.5. The minimum Gasteiger partial charge on any atom is -0.418 e. The van der Waals surface area contributed by atoms with Crippen LogP contribution >= 0.6 is 0 Å². The van der Waals surface area contributed by atoms with Crippen LogP contribution < -0.4 is 0 Å². The van der Waals surface area contributed by atoms with Gasteiger partial charge in [0.2, 0.25) is 0 Å². The molecule has 24 heavy (non-hydrogen) atoms. The number of ether oxygens (including phenoxy) is 2. The fraction of sp³-hybridized carbons (Fsp3) is 1.00. The van der Waals surface area contributed by atoms with Gasteiger partial charge in [-0.1, -0.05) is 0 Å².